The number of hydrogen-bond acceptors (Lipinski definition) is 4. The van der Waals surface area contributed by atoms with E-state index in [1.807, 2.05) is 11.4 Å². The number of hydrogen-bond donors (Lipinski definition) is 2. The molecule has 2 aliphatic rings. The van der Waals surface area contributed by atoms with Crippen LogP contribution in [0.25, 0.3) is 0 Å². The fourth-order valence-electron chi connectivity index (χ4n) is 2.51. The van der Waals surface area contributed by atoms with Crippen LogP contribution < -0.4 is 5.32 Å². The van der Waals surface area contributed by atoms with E-state index in [1.54, 1.807) is 16.2 Å². The normalized spacial score (nSPS) is 22.8. The van der Waals surface area contributed by atoms with E-state index in [1.165, 1.54) is 0 Å². The standard InChI is InChI=1S/C13H16N2O3S/c16-11(14-8-1-2-8)7-15-5-3-10-9(4-6-19-10)12(15)13(17)18/h4,6,8,12H,1-3,5,7H2,(H,14,16)(H,17,18). The summed E-state index contributed by atoms with van der Waals surface area (Å²) >= 11 is 1.60. The zero-order valence-corrected chi connectivity index (χ0v) is 11.3. The lowest BCUT2D eigenvalue weighted by molar-refractivity contribution is -0.144. The highest BCUT2D eigenvalue weighted by Gasteiger charge is 2.35. The molecule has 1 aromatic rings. The van der Waals surface area contributed by atoms with Crippen molar-refractivity contribution in [3.05, 3.63) is 21.9 Å². The second-order valence-electron chi connectivity index (χ2n) is 5.10. The Labute approximate surface area is 115 Å². The van der Waals surface area contributed by atoms with Gasteiger partial charge in [-0.05, 0) is 36.3 Å². The molecule has 102 valence electrons. The maximum atomic E-state index is 11.8. The summed E-state index contributed by atoms with van der Waals surface area (Å²) in [6.45, 7) is 0.797. The minimum atomic E-state index is -0.876. The van der Waals surface area contributed by atoms with E-state index < -0.39 is 12.0 Å². The third-order valence-electron chi connectivity index (χ3n) is 3.59. The Kier molecular flexibility index (Phi) is 3.28. The maximum absolute atomic E-state index is 11.8. The Balaban J connectivity index is 1.73. The number of carbonyl (C=O) groups is 2. The van der Waals surface area contributed by atoms with Crippen LogP contribution in [0, 0.1) is 0 Å². The van der Waals surface area contributed by atoms with Crippen LogP contribution in [-0.2, 0) is 16.0 Å². The molecule has 5 nitrogen and oxygen atoms in total. The van der Waals surface area contributed by atoms with Crippen molar-refractivity contribution >= 4 is 23.2 Å². The Morgan fingerprint density at radius 1 is 1.47 bits per heavy atom. The molecular formula is C13H16N2O3S. The third-order valence-corrected chi connectivity index (χ3v) is 4.59. The number of carboxylic acid groups (broad SMARTS) is 1. The minimum Gasteiger partial charge on any atom is -0.480 e. The molecule has 1 amide bonds. The predicted molar refractivity (Wildman–Crippen MR) is 71.1 cm³/mol. The van der Waals surface area contributed by atoms with Gasteiger partial charge in [-0.2, -0.15) is 0 Å². The topological polar surface area (TPSA) is 69.6 Å². The summed E-state index contributed by atoms with van der Waals surface area (Å²) in [7, 11) is 0. The number of thiophene rings is 1. The molecule has 1 fully saturated rings. The van der Waals surface area contributed by atoms with Crippen LogP contribution in [0.3, 0.4) is 0 Å². The zero-order chi connectivity index (χ0) is 13.4. The summed E-state index contributed by atoms with van der Waals surface area (Å²) in [4.78, 5) is 26.2. The van der Waals surface area contributed by atoms with E-state index in [0.717, 1.165) is 29.7 Å². The minimum absolute atomic E-state index is 0.0626. The second kappa shape index (κ2) is 4.94. The number of rotatable bonds is 4. The molecule has 1 aromatic heterocycles. The van der Waals surface area contributed by atoms with Crippen molar-refractivity contribution in [3.63, 3.8) is 0 Å². The van der Waals surface area contributed by atoms with E-state index in [9.17, 15) is 14.7 Å². The predicted octanol–water partition coefficient (Wildman–Crippen LogP) is 1.01. The lowest BCUT2D eigenvalue weighted by atomic mass is 10.00. The lowest BCUT2D eigenvalue weighted by Crippen LogP contribution is -2.45. The van der Waals surface area contributed by atoms with E-state index in [2.05, 4.69) is 5.32 Å². The molecule has 1 atom stereocenters. The Hall–Kier alpha value is -1.40. The lowest BCUT2D eigenvalue weighted by Gasteiger charge is -2.32. The SMILES string of the molecule is O=C(CN1CCc2sccc2C1C(=O)O)NC1CC1. The summed E-state index contributed by atoms with van der Waals surface area (Å²) in [5.41, 5.74) is 0.850. The van der Waals surface area contributed by atoms with Crippen molar-refractivity contribution in [2.45, 2.75) is 31.3 Å². The van der Waals surface area contributed by atoms with Crippen molar-refractivity contribution in [3.8, 4) is 0 Å². The molecule has 0 aromatic carbocycles. The van der Waals surface area contributed by atoms with Crippen molar-refractivity contribution in [2.75, 3.05) is 13.1 Å². The molecule has 19 heavy (non-hydrogen) atoms. The van der Waals surface area contributed by atoms with Gasteiger partial charge in [-0.15, -0.1) is 11.3 Å². The Morgan fingerprint density at radius 3 is 2.95 bits per heavy atom. The van der Waals surface area contributed by atoms with Gasteiger partial charge in [0.15, 0.2) is 0 Å². The van der Waals surface area contributed by atoms with Crippen molar-refractivity contribution in [1.29, 1.82) is 0 Å². The number of aliphatic carboxylic acids is 1. The first-order valence-electron chi connectivity index (χ1n) is 6.47. The Bertz CT molecular complexity index is 510. The summed E-state index contributed by atoms with van der Waals surface area (Å²) in [5.74, 6) is -0.939. The molecule has 0 radical (unpaired) electrons. The Morgan fingerprint density at radius 2 is 2.26 bits per heavy atom. The van der Waals surface area contributed by atoms with E-state index >= 15 is 0 Å². The van der Waals surface area contributed by atoms with Gasteiger partial charge in [-0.3, -0.25) is 14.5 Å². The molecule has 1 saturated carbocycles. The summed E-state index contributed by atoms with van der Waals surface area (Å²) < 4.78 is 0. The van der Waals surface area contributed by atoms with Crippen molar-refractivity contribution in [2.24, 2.45) is 0 Å². The molecule has 1 aliphatic heterocycles. The largest absolute Gasteiger partial charge is 0.480 e. The van der Waals surface area contributed by atoms with Crippen LogP contribution in [0.15, 0.2) is 11.4 Å². The summed E-state index contributed by atoms with van der Waals surface area (Å²) in [6, 6.07) is 1.50. The van der Waals surface area contributed by atoms with Gasteiger partial charge < -0.3 is 10.4 Å². The zero-order valence-electron chi connectivity index (χ0n) is 10.5. The van der Waals surface area contributed by atoms with Crippen molar-refractivity contribution < 1.29 is 14.7 Å². The molecule has 0 spiro atoms. The van der Waals surface area contributed by atoms with Crippen LogP contribution in [-0.4, -0.2) is 41.0 Å². The number of amides is 1. The van der Waals surface area contributed by atoms with Gasteiger partial charge in [-0.1, -0.05) is 0 Å². The molecule has 3 rings (SSSR count). The highest BCUT2D eigenvalue weighted by Crippen LogP contribution is 2.33. The highest BCUT2D eigenvalue weighted by molar-refractivity contribution is 7.10. The number of carboxylic acids is 1. The fourth-order valence-corrected chi connectivity index (χ4v) is 3.42. The molecule has 2 heterocycles. The first-order valence-corrected chi connectivity index (χ1v) is 7.35. The van der Waals surface area contributed by atoms with Crippen LogP contribution in [0.4, 0.5) is 0 Å². The number of nitrogens with one attached hydrogen (secondary N) is 1. The smallest absolute Gasteiger partial charge is 0.325 e. The quantitative estimate of drug-likeness (QED) is 0.863. The van der Waals surface area contributed by atoms with Gasteiger partial charge in [0.05, 0.1) is 6.54 Å². The van der Waals surface area contributed by atoms with E-state index in [4.69, 9.17) is 0 Å². The summed E-state index contributed by atoms with van der Waals surface area (Å²) in [5, 5.41) is 14.2. The average Bonchev–Trinajstić information content (AvgIpc) is 3.03. The molecule has 6 heteroatoms. The highest BCUT2D eigenvalue weighted by atomic mass is 32.1. The van der Waals surface area contributed by atoms with Crippen LogP contribution in [0.2, 0.25) is 0 Å². The van der Waals surface area contributed by atoms with Gasteiger partial charge in [0.25, 0.3) is 0 Å². The molecular weight excluding hydrogens is 264 g/mol. The van der Waals surface area contributed by atoms with Gasteiger partial charge in [0.2, 0.25) is 5.91 Å². The molecule has 0 bridgehead atoms. The van der Waals surface area contributed by atoms with Crippen LogP contribution in [0.5, 0.6) is 0 Å². The molecule has 1 unspecified atom stereocenters. The fraction of sp³-hybridized carbons (Fsp3) is 0.538. The first-order chi connectivity index (χ1) is 9.15. The van der Waals surface area contributed by atoms with Gasteiger partial charge >= 0.3 is 5.97 Å². The van der Waals surface area contributed by atoms with E-state index in [-0.39, 0.29) is 12.5 Å². The van der Waals surface area contributed by atoms with Gasteiger partial charge in [-0.25, -0.2) is 0 Å². The summed E-state index contributed by atoms with van der Waals surface area (Å²) in [6.07, 6.45) is 2.92. The monoisotopic (exact) mass is 280 g/mol. The third kappa shape index (κ3) is 2.64. The van der Waals surface area contributed by atoms with Crippen molar-refractivity contribution in [1.82, 2.24) is 10.2 Å². The van der Waals surface area contributed by atoms with Gasteiger partial charge in [0.1, 0.15) is 6.04 Å². The number of carbonyl (C=O) groups excluding carboxylic acids is 1. The number of nitrogens with zero attached hydrogens (tertiary/aromatic N) is 1. The van der Waals surface area contributed by atoms with Crippen LogP contribution >= 0.6 is 11.3 Å². The van der Waals surface area contributed by atoms with Gasteiger partial charge in [0, 0.05) is 17.5 Å². The molecule has 1 aliphatic carbocycles. The molecule has 0 saturated heterocycles. The van der Waals surface area contributed by atoms with E-state index in [0.29, 0.717) is 12.6 Å². The number of fused-ring (bicyclic) bond motifs is 1. The second-order valence-corrected chi connectivity index (χ2v) is 6.10. The maximum Gasteiger partial charge on any atom is 0.325 e. The molecule has 2 N–H and O–H groups in total. The van der Waals surface area contributed by atoms with Crippen LogP contribution in [0.1, 0.15) is 29.3 Å². The first kappa shape index (κ1) is 12.6. The average molecular weight is 280 g/mol.